The molecule has 3 N–H and O–H groups in total. The van der Waals surface area contributed by atoms with Crippen LogP contribution in [0.5, 0.6) is 0 Å². The molecule has 0 radical (unpaired) electrons. The van der Waals surface area contributed by atoms with Crippen molar-refractivity contribution in [3.05, 3.63) is 0 Å². The Balaban J connectivity index is 0. The number of hydrogen-bond donors (Lipinski definition) is 3. The largest absolute Gasteiger partial charge is 0.383 e. The van der Waals surface area contributed by atoms with E-state index >= 15 is 0 Å². The highest BCUT2D eigenvalue weighted by molar-refractivity contribution is 14.0. The molecule has 0 heterocycles. The molecule has 0 saturated carbocycles. The van der Waals surface area contributed by atoms with Gasteiger partial charge in [0.1, 0.15) is 0 Å². The van der Waals surface area contributed by atoms with Gasteiger partial charge in [0.2, 0.25) is 5.91 Å². The summed E-state index contributed by atoms with van der Waals surface area (Å²) in [6, 6.07) is 0. The zero-order valence-electron chi connectivity index (χ0n) is 14.5. The minimum Gasteiger partial charge on any atom is -0.383 e. The molecule has 0 spiro atoms. The third-order valence-corrected chi connectivity index (χ3v) is 2.97. The maximum Gasteiger partial charge on any atom is 0.239 e. The summed E-state index contributed by atoms with van der Waals surface area (Å²) < 4.78 is 10.3. The SMILES string of the molecule is CN=C(NCC(=O)NCCOC)NCC(OC)C(C)(C)C.I. The van der Waals surface area contributed by atoms with E-state index in [9.17, 15) is 4.79 Å². The minimum absolute atomic E-state index is 0. The highest BCUT2D eigenvalue weighted by Gasteiger charge is 2.24. The molecule has 0 aliphatic rings. The van der Waals surface area contributed by atoms with Crippen molar-refractivity contribution in [3.8, 4) is 0 Å². The van der Waals surface area contributed by atoms with Crippen molar-refractivity contribution in [1.29, 1.82) is 0 Å². The average Bonchev–Trinajstić information content (AvgIpc) is 2.41. The molecule has 132 valence electrons. The van der Waals surface area contributed by atoms with Crippen molar-refractivity contribution >= 4 is 35.8 Å². The zero-order chi connectivity index (χ0) is 16.3. The molecule has 0 aromatic rings. The number of ether oxygens (including phenoxy) is 2. The van der Waals surface area contributed by atoms with Crippen molar-refractivity contribution in [3.63, 3.8) is 0 Å². The molecule has 8 heteroatoms. The molecule has 0 bridgehead atoms. The van der Waals surface area contributed by atoms with Gasteiger partial charge in [-0.2, -0.15) is 0 Å². The van der Waals surface area contributed by atoms with Crippen molar-refractivity contribution < 1.29 is 14.3 Å². The lowest BCUT2D eigenvalue weighted by Gasteiger charge is -2.30. The fourth-order valence-electron chi connectivity index (χ4n) is 1.67. The first-order chi connectivity index (χ1) is 9.85. The smallest absolute Gasteiger partial charge is 0.239 e. The van der Waals surface area contributed by atoms with Gasteiger partial charge in [0.25, 0.3) is 0 Å². The van der Waals surface area contributed by atoms with Crippen LogP contribution >= 0.6 is 24.0 Å². The van der Waals surface area contributed by atoms with E-state index in [1.807, 2.05) is 0 Å². The van der Waals surface area contributed by atoms with E-state index in [4.69, 9.17) is 9.47 Å². The van der Waals surface area contributed by atoms with Gasteiger partial charge in [-0.15, -0.1) is 24.0 Å². The Morgan fingerprint density at radius 3 is 2.27 bits per heavy atom. The van der Waals surface area contributed by atoms with Crippen LogP contribution in [0.1, 0.15) is 20.8 Å². The average molecular weight is 430 g/mol. The molecule has 7 nitrogen and oxygen atoms in total. The van der Waals surface area contributed by atoms with E-state index in [0.29, 0.717) is 25.7 Å². The fourth-order valence-corrected chi connectivity index (χ4v) is 1.67. The number of rotatable bonds is 8. The number of hydrogen-bond acceptors (Lipinski definition) is 4. The molecular weight excluding hydrogens is 399 g/mol. The molecule has 0 aromatic heterocycles. The molecular formula is C14H31IN4O3. The summed E-state index contributed by atoms with van der Waals surface area (Å²) in [7, 11) is 4.95. The Hall–Kier alpha value is -0.610. The maximum atomic E-state index is 11.6. The highest BCUT2D eigenvalue weighted by Crippen LogP contribution is 2.20. The van der Waals surface area contributed by atoms with Gasteiger partial charge in [-0.3, -0.25) is 9.79 Å². The third kappa shape index (κ3) is 11.0. The first kappa shape index (κ1) is 23.7. The number of nitrogens with zero attached hydrogens (tertiary/aromatic N) is 1. The van der Waals surface area contributed by atoms with Crippen molar-refractivity contribution in [2.45, 2.75) is 26.9 Å². The lowest BCUT2D eigenvalue weighted by Crippen LogP contribution is -2.47. The van der Waals surface area contributed by atoms with Crippen LogP contribution in [-0.4, -0.2) is 65.5 Å². The van der Waals surface area contributed by atoms with E-state index in [1.54, 1.807) is 21.3 Å². The number of carbonyl (C=O) groups is 1. The van der Waals surface area contributed by atoms with Gasteiger partial charge in [-0.25, -0.2) is 0 Å². The number of nitrogens with one attached hydrogen (secondary N) is 3. The Morgan fingerprint density at radius 1 is 1.18 bits per heavy atom. The molecule has 0 aliphatic heterocycles. The minimum atomic E-state index is -0.103. The summed E-state index contributed by atoms with van der Waals surface area (Å²) >= 11 is 0. The molecule has 1 atom stereocenters. The highest BCUT2D eigenvalue weighted by atomic mass is 127. The van der Waals surface area contributed by atoms with Crippen LogP contribution in [-0.2, 0) is 14.3 Å². The predicted octanol–water partition coefficient (Wildman–Crippen LogP) is 0.593. The van der Waals surface area contributed by atoms with Gasteiger partial charge in [0, 0.05) is 34.4 Å². The lowest BCUT2D eigenvalue weighted by atomic mass is 9.89. The number of carbonyl (C=O) groups excluding carboxylic acids is 1. The topological polar surface area (TPSA) is 84.0 Å². The first-order valence-corrected chi connectivity index (χ1v) is 7.08. The van der Waals surface area contributed by atoms with Gasteiger partial charge in [0.15, 0.2) is 5.96 Å². The Labute approximate surface area is 151 Å². The number of amides is 1. The monoisotopic (exact) mass is 430 g/mol. The predicted molar refractivity (Wildman–Crippen MR) is 99.9 cm³/mol. The van der Waals surface area contributed by atoms with E-state index in [0.717, 1.165) is 0 Å². The van der Waals surface area contributed by atoms with Crippen LogP contribution < -0.4 is 16.0 Å². The second-order valence-electron chi connectivity index (χ2n) is 5.74. The zero-order valence-corrected chi connectivity index (χ0v) is 16.8. The van der Waals surface area contributed by atoms with Crippen molar-refractivity contribution in [2.75, 3.05) is 47.5 Å². The second kappa shape index (κ2) is 12.9. The fraction of sp³-hybridized carbons (Fsp3) is 0.857. The normalized spacial score (nSPS) is 13.1. The van der Waals surface area contributed by atoms with Gasteiger partial charge < -0.3 is 25.4 Å². The second-order valence-corrected chi connectivity index (χ2v) is 5.74. The summed E-state index contributed by atoms with van der Waals surface area (Å²) in [4.78, 5) is 15.6. The molecule has 1 unspecified atom stereocenters. The number of halogens is 1. The molecule has 1 amide bonds. The van der Waals surface area contributed by atoms with E-state index in [1.165, 1.54) is 0 Å². The van der Waals surface area contributed by atoms with Gasteiger partial charge in [-0.05, 0) is 5.41 Å². The summed E-state index contributed by atoms with van der Waals surface area (Å²) in [5.74, 6) is 0.470. The van der Waals surface area contributed by atoms with Gasteiger partial charge >= 0.3 is 0 Å². The first-order valence-electron chi connectivity index (χ1n) is 7.08. The molecule has 0 rings (SSSR count). The third-order valence-electron chi connectivity index (χ3n) is 2.97. The number of aliphatic imine (C=N–C) groups is 1. The quantitative estimate of drug-likeness (QED) is 0.227. The molecule has 0 aromatic carbocycles. The standard InChI is InChI=1S/C14H30N4O3.HI/c1-14(2,3)11(21-6)9-17-13(15-4)18-10-12(19)16-7-8-20-5;/h11H,7-10H2,1-6H3,(H,16,19)(H2,15,17,18);1H. The lowest BCUT2D eigenvalue weighted by molar-refractivity contribution is -0.120. The Bertz CT molecular complexity index is 333. The summed E-state index contributed by atoms with van der Waals surface area (Å²) in [6.45, 7) is 8.12. The molecule has 0 saturated heterocycles. The van der Waals surface area contributed by atoms with Crippen LogP contribution in [0.15, 0.2) is 4.99 Å². The molecule has 22 heavy (non-hydrogen) atoms. The maximum absolute atomic E-state index is 11.6. The van der Waals surface area contributed by atoms with Crippen LogP contribution in [0.2, 0.25) is 0 Å². The van der Waals surface area contributed by atoms with Crippen LogP contribution in [0, 0.1) is 5.41 Å². The van der Waals surface area contributed by atoms with E-state index in [2.05, 4.69) is 41.7 Å². The van der Waals surface area contributed by atoms with Crippen molar-refractivity contribution in [2.24, 2.45) is 10.4 Å². The molecule has 0 fully saturated rings. The van der Waals surface area contributed by atoms with E-state index in [-0.39, 0.29) is 47.9 Å². The van der Waals surface area contributed by atoms with Crippen LogP contribution in [0.25, 0.3) is 0 Å². The van der Waals surface area contributed by atoms with E-state index < -0.39 is 0 Å². The van der Waals surface area contributed by atoms with Crippen LogP contribution in [0.4, 0.5) is 0 Å². The summed E-state index contributed by atoms with van der Waals surface area (Å²) in [6.07, 6.45) is 0.0478. The summed E-state index contributed by atoms with van der Waals surface area (Å²) in [5.41, 5.74) is 0.0259. The Kier molecular flexibility index (Phi) is 13.9. The van der Waals surface area contributed by atoms with Crippen molar-refractivity contribution in [1.82, 2.24) is 16.0 Å². The van der Waals surface area contributed by atoms with Gasteiger partial charge in [-0.1, -0.05) is 20.8 Å². The summed E-state index contributed by atoms with van der Waals surface area (Å²) in [5, 5.41) is 8.85. The van der Waals surface area contributed by atoms with Crippen LogP contribution in [0.3, 0.4) is 0 Å². The number of guanidine groups is 1. The van der Waals surface area contributed by atoms with Gasteiger partial charge in [0.05, 0.1) is 19.3 Å². The Morgan fingerprint density at radius 2 is 1.82 bits per heavy atom. The molecule has 0 aliphatic carbocycles. The number of methoxy groups -OCH3 is 2.